The molecule has 2 aromatic rings. The van der Waals surface area contributed by atoms with Crippen LogP contribution in [0.2, 0.25) is 0 Å². The number of para-hydroxylation sites is 1. The highest BCUT2D eigenvalue weighted by molar-refractivity contribution is 7.13. The van der Waals surface area contributed by atoms with Crippen LogP contribution >= 0.6 is 11.3 Å². The summed E-state index contributed by atoms with van der Waals surface area (Å²) in [5.74, 6) is 0. The molecule has 0 atom stereocenters. The van der Waals surface area contributed by atoms with Gasteiger partial charge in [0, 0.05) is 11.1 Å². The summed E-state index contributed by atoms with van der Waals surface area (Å²) in [5, 5.41) is 6.24. The van der Waals surface area contributed by atoms with Gasteiger partial charge in [0.1, 0.15) is 0 Å². The Labute approximate surface area is 117 Å². The van der Waals surface area contributed by atoms with Crippen LogP contribution < -0.4 is 5.32 Å². The molecule has 96 valence electrons. The van der Waals surface area contributed by atoms with E-state index in [1.807, 2.05) is 60.9 Å². The Morgan fingerprint density at radius 3 is 2.79 bits per heavy atom. The van der Waals surface area contributed by atoms with Crippen molar-refractivity contribution in [2.45, 2.75) is 6.92 Å². The molecule has 2 nitrogen and oxygen atoms in total. The Hall–Kier alpha value is -2.13. The minimum atomic E-state index is 0.896. The molecular weight excluding hydrogens is 252 g/mol. The van der Waals surface area contributed by atoms with Crippen LogP contribution in [-0.2, 0) is 0 Å². The van der Waals surface area contributed by atoms with Crippen molar-refractivity contribution in [3.05, 3.63) is 72.3 Å². The zero-order valence-electron chi connectivity index (χ0n) is 10.8. The second-order valence-corrected chi connectivity index (χ2v) is 4.73. The number of thiazole rings is 1. The molecule has 3 heteroatoms. The van der Waals surface area contributed by atoms with Crippen LogP contribution in [0.25, 0.3) is 5.57 Å². The van der Waals surface area contributed by atoms with E-state index in [0.29, 0.717) is 0 Å². The van der Waals surface area contributed by atoms with E-state index in [9.17, 15) is 0 Å². The molecule has 1 aromatic heterocycles. The van der Waals surface area contributed by atoms with Crippen molar-refractivity contribution in [3.8, 4) is 0 Å². The van der Waals surface area contributed by atoms with Crippen LogP contribution in [0.1, 0.15) is 12.6 Å². The van der Waals surface area contributed by atoms with E-state index in [0.717, 1.165) is 22.1 Å². The second kappa shape index (κ2) is 6.71. The third-order valence-electron chi connectivity index (χ3n) is 2.55. The zero-order valence-corrected chi connectivity index (χ0v) is 11.7. The monoisotopic (exact) mass is 268 g/mol. The number of nitrogens with zero attached hydrogens (tertiary/aromatic N) is 1. The fourth-order valence-electron chi connectivity index (χ4n) is 1.61. The number of rotatable bonds is 5. The van der Waals surface area contributed by atoms with Crippen molar-refractivity contribution in [2.24, 2.45) is 0 Å². The first-order chi connectivity index (χ1) is 9.33. The Kier molecular flexibility index (Phi) is 4.70. The van der Waals surface area contributed by atoms with E-state index in [2.05, 4.69) is 16.9 Å². The maximum atomic E-state index is 4.58. The fraction of sp³-hybridized carbons (Fsp3) is 0.0625. The number of benzene rings is 1. The van der Waals surface area contributed by atoms with Crippen molar-refractivity contribution >= 4 is 27.7 Å². The Morgan fingerprint density at radius 1 is 1.32 bits per heavy atom. The molecule has 2 rings (SSSR count). The van der Waals surface area contributed by atoms with Gasteiger partial charge >= 0.3 is 0 Å². The van der Waals surface area contributed by atoms with Crippen molar-refractivity contribution < 1.29 is 0 Å². The Bertz CT molecular complexity index is 594. The molecule has 0 bridgehead atoms. The molecular formula is C16H16N2S. The molecule has 0 fully saturated rings. The molecule has 0 amide bonds. The SMILES string of the molecule is C=C/C=C\C(=C/C)c1csc(Nc2ccccc2)n1. The van der Waals surface area contributed by atoms with Crippen LogP contribution in [0.5, 0.6) is 0 Å². The quantitative estimate of drug-likeness (QED) is 0.769. The molecule has 0 unspecified atom stereocenters. The summed E-state index contributed by atoms with van der Waals surface area (Å²) in [5.41, 5.74) is 3.12. The van der Waals surface area contributed by atoms with Crippen LogP contribution in [-0.4, -0.2) is 4.98 Å². The lowest BCUT2D eigenvalue weighted by molar-refractivity contribution is 1.34. The molecule has 1 N–H and O–H groups in total. The van der Waals surface area contributed by atoms with Crippen LogP contribution in [0.4, 0.5) is 10.8 Å². The average molecular weight is 268 g/mol. The molecule has 1 heterocycles. The van der Waals surface area contributed by atoms with Crippen molar-refractivity contribution in [1.29, 1.82) is 0 Å². The number of nitrogens with one attached hydrogen (secondary N) is 1. The normalized spacial score (nSPS) is 11.7. The zero-order chi connectivity index (χ0) is 13.5. The third kappa shape index (κ3) is 3.66. The minimum Gasteiger partial charge on any atom is -0.332 e. The molecule has 1 aromatic carbocycles. The van der Waals surface area contributed by atoms with Crippen molar-refractivity contribution in [3.63, 3.8) is 0 Å². The molecule has 0 radical (unpaired) electrons. The summed E-state index contributed by atoms with van der Waals surface area (Å²) in [7, 11) is 0. The van der Waals surface area contributed by atoms with E-state index < -0.39 is 0 Å². The van der Waals surface area contributed by atoms with E-state index >= 15 is 0 Å². The van der Waals surface area contributed by atoms with Gasteiger partial charge in [0.05, 0.1) is 5.69 Å². The van der Waals surface area contributed by atoms with E-state index in [-0.39, 0.29) is 0 Å². The van der Waals surface area contributed by atoms with E-state index in [4.69, 9.17) is 0 Å². The van der Waals surface area contributed by atoms with Crippen molar-refractivity contribution in [1.82, 2.24) is 4.98 Å². The standard InChI is InChI=1S/C16H16N2S/c1-3-5-9-13(4-2)15-12-19-16(18-15)17-14-10-7-6-8-11-14/h3-12H,1H2,2H3,(H,17,18)/b9-5-,13-4+. The lowest BCUT2D eigenvalue weighted by atomic mass is 10.2. The molecule has 0 saturated carbocycles. The summed E-state index contributed by atoms with van der Waals surface area (Å²) in [4.78, 5) is 4.58. The van der Waals surface area contributed by atoms with E-state index in [1.54, 1.807) is 17.4 Å². The van der Waals surface area contributed by atoms with Gasteiger partial charge in [-0.25, -0.2) is 4.98 Å². The first-order valence-electron chi connectivity index (χ1n) is 6.07. The second-order valence-electron chi connectivity index (χ2n) is 3.87. The van der Waals surface area contributed by atoms with Gasteiger partial charge in [0.25, 0.3) is 0 Å². The van der Waals surface area contributed by atoms with Crippen molar-refractivity contribution in [2.75, 3.05) is 5.32 Å². The molecule has 0 spiro atoms. The first-order valence-corrected chi connectivity index (χ1v) is 6.95. The molecule has 0 aliphatic heterocycles. The predicted molar refractivity (Wildman–Crippen MR) is 84.8 cm³/mol. The molecule has 19 heavy (non-hydrogen) atoms. The van der Waals surface area contributed by atoms with Gasteiger partial charge in [-0.1, -0.05) is 49.1 Å². The van der Waals surface area contributed by atoms with Gasteiger partial charge < -0.3 is 5.32 Å². The highest BCUT2D eigenvalue weighted by atomic mass is 32.1. The molecule has 0 aliphatic carbocycles. The Morgan fingerprint density at radius 2 is 2.11 bits per heavy atom. The number of aromatic nitrogens is 1. The van der Waals surface area contributed by atoms with Gasteiger partial charge in [-0.15, -0.1) is 11.3 Å². The number of allylic oxidation sites excluding steroid dienone is 5. The summed E-state index contributed by atoms with van der Waals surface area (Å²) in [6, 6.07) is 10.0. The smallest absolute Gasteiger partial charge is 0.187 e. The molecule has 0 saturated heterocycles. The summed E-state index contributed by atoms with van der Waals surface area (Å²) in [6.45, 7) is 5.68. The highest BCUT2D eigenvalue weighted by Crippen LogP contribution is 2.25. The van der Waals surface area contributed by atoms with Crippen LogP contribution in [0.3, 0.4) is 0 Å². The first kappa shape index (κ1) is 13.3. The summed E-state index contributed by atoms with van der Waals surface area (Å²) < 4.78 is 0. The van der Waals surface area contributed by atoms with Crippen LogP contribution in [0, 0.1) is 0 Å². The fourth-order valence-corrected chi connectivity index (χ4v) is 2.35. The van der Waals surface area contributed by atoms with Gasteiger partial charge in [-0.05, 0) is 24.6 Å². The van der Waals surface area contributed by atoms with Gasteiger partial charge in [-0.3, -0.25) is 0 Å². The summed E-state index contributed by atoms with van der Waals surface area (Å²) in [6.07, 6.45) is 7.73. The lowest BCUT2D eigenvalue weighted by Gasteiger charge is -2.01. The summed E-state index contributed by atoms with van der Waals surface area (Å²) >= 11 is 1.60. The van der Waals surface area contributed by atoms with Crippen LogP contribution in [0.15, 0.2) is 66.6 Å². The number of hydrogen-bond acceptors (Lipinski definition) is 3. The maximum Gasteiger partial charge on any atom is 0.187 e. The predicted octanol–water partition coefficient (Wildman–Crippen LogP) is 5.03. The topological polar surface area (TPSA) is 24.9 Å². The lowest BCUT2D eigenvalue weighted by Crippen LogP contribution is -1.89. The van der Waals surface area contributed by atoms with Gasteiger partial charge in [0.15, 0.2) is 5.13 Å². The number of hydrogen-bond donors (Lipinski definition) is 1. The number of anilines is 2. The third-order valence-corrected chi connectivity index (χ3v) is 3.31. The van der Waals surface area contributed by atoms with E-state index in [1.165, 1.54) is 0 Å². The highest BCUT2D eigenvalue weighted by Gasteiger charge is 2.04. The van der Waals surface area contributed by atoms with Gasteiger partial charge in [-0.2, -0.15) is 0 Å². The largest absolute Gasteiger partial charge is 0.332 e. The Balaban J connectivity index is 2.15. The average Bonchev–Trinajstić information content (AvgIpc) is 2.89. The molecule has 0 aliphatic rings. The minimum absolute atomic E-state index is 0.896. The van der Waals surface area contributed by atoms with Gasteiger partial charge in [0.2, 0.25) is 0 Å². The maximum absolute atomic E-state index is 4.58.